The molecule has 0 radical (unpaired) electrons. The predicted molar refractivity (Wildman–Crippen MR) is 145 cm³/mol. The third-order valence-electron chi connectivity index (χ3n) is 7.46. The molecule has 9 heteroatoms. The van der Waals surface area contributed by atoms with E-state index in [0.717, 1.165) is 18.8 Å². The maximum Gasteiger partial charge on any atom is 0.254 e. The molecule has 4 rings (SSSR count). The number of nitrogens with zero attached hydrogens (tertiary/aromatic N) is 4. The summed E-state index contributed by atoms with van der Waals surface area (Å²) in [6, 6.07) is 8.81. The Morgan fingerprint density at radius 2 is 1.66 bits per heavy atom. The van der Waals surface area contributed by atoms with E-state index >= 15 is 0 Å². The molecule has 38 heavy (non-hydrogen) atoms. The highest BCUT2D eigenvalue weighted by Crippen LogP contribution is 2.32. The molecular weight excluding hydrogens is 482 g/mol. The zero-order valence-electron chi connectivity index (χ0n) is 22.6. The fourth-order valence-electron chi connectivity index (χ4n) is 5.55. The van der Waals surface area contributed by atoms with Crippen LogP contribution >= 0.6 is 0 Å². The highest BCUT2D eigenvalue weighted by atomic mass is 16.2. The summed E-state index contributed by atoms with van der Waals surface area (Å²) in [5, 5.41) is 2.93. The number of aromatic nitrogens is 1. The number of pyridine rings is 1. The summed E-state index contributed by atoms with van der Waals surface area (Å²) in [5.74, 6) is -0.826. The average Bonchev–Trinajstić information content (AvgIpc) is 3.50. The van der Waals surface area contributed by atoms with Gasteiger partial charge in [-0.2, -0.15) is 0 Å². The highest BCUT2D eigenvalue weighted by molar-refractivity contribution is 6.03. The van der Waals surface area contributed by atoms with Crippen molar-refractivity contribution >= 4 is 29.2 Å². The van der Waals surface area contributed by atoms with E-state index in [9.17, 15) is 19.2 Å². The van der Waals surface area contributed by atoms with Crippen LogP contribution in [0.4, 0.5) is 5.69 Å². The topological polar surface area (TPSA) is 103 Å². The van der Waals surface area contributed by atoms with Gasteiger partial charge in [0.05, 0.1) is 12.6 Å². The lowest BCUT2D eigenvalue weighted by atomic mass is 10.0. The number of nitrogens with one attached hydrogen (secondary N) is 1. The summed E-state index contributed by atoms with van der Waals surface area (Å²) < 4.78 is 0. The maximum atomic E-state index is 13.7. The summed E-state index contributed by atoms with van der Waals surface area (Å²) >= 11 is 0. The van der Waals surface area contributed by atoms with E-state index < -0.39 is 12.1 Å². The van der Waals surface area contributed by atoms with Gasteiger partial charge < -0.3 is 20.0 Å². The Hall–Kier alpha value is -3.75. The zero-order valence-corrected chi connectivity index (χ0v) is 22.6. The smallest absolute Gasteiger partial charge is 0.254 e. The number of hydrogen-bond acceptors (Lipinski definition) is 6. The molecule has 3 atom stereocenters. The molecule has 3 unspecified atom stereocenters. The van der Waals surface area contributed by atoms with Crippen molar-refractivity contribution < 1.29 is 19.2 Å². The van der Waals surface area contributed by atoms with Crippen LogP contribution in [-0.2, 0) is 9.59 Å². The van der Waals surface area contributed by atoms with Crippen LogP contribution in [-0.4, -0.2) is 82.6 Å². The minimum atomic E-state index is -0.763. The van der Waals surface area contributed by atoms with Gasteiger partial charge in [-0.25, -0.2) is 0 Å². The molecule has 0 bridgehead atoms. The van der Waals surface area contributed by atoms with Crippen molar-refractivity contribution in [3.8, 4) is 0 Å². The Balaban J connectivity index is 1.48. The summed E-state index contributed by atoms with van der Waals surface area (Å²) in [5.41, 5.74) is 1.98. The number of carbonyl (C=O) groups is 4. The van der Waals surface area contributed by atoms with E-state index in [4.69, 9.17) is 0 Å². The average molecular weight is 520 g/mol. The van der Waals surface area contributed by atoms with Gasteiger partial charge in [-0.1, -0.05) is 13.8 Å². The molecule has 0 aliphatic carbocycles. The number of anilines is 1. The van der Waals surface area contributed by atoms with Gasteiger partial charge in [0.15, 0.2) is 5.78 Å². The van der Waals surface area contributed by atoms with Crippen LogP contribution in [0.5, 0.6) is 0 Å². The van der Waals surface area contributed by atoms with E-state index in [1.54, 1.807) is 46.5 Å². The van der Waals surface area contributed by atoms with Crippen molar-refractivity contribution in [1.82, 2.24) is 20.1 Å². The summed E-state index contributed by atoms with van der Waals surface area (Å²) in [7, 11) is 0. The third kappa shape index (κ3) is 5.56. The van der Waals surface area contributed by atoms with Gasteiger partial charge in [0.2, 0.25) is 5.91 Å². The van der Waals surface area contributed by atoms with Gasteiger partial charge in [0, 0.05) is 48.8 Å². The number of ketones is 1. The minimum absolute atomic E-state index is 0.0274. The number of Topliss-reactive ketones (excluding diaryl/α,β-unsaturated/α-hetero) is 1. The van der Waals surface area contributed by atoms with E-state index in [1.807, 2.05) is 26.0 Å². The van der Waals surface area contributed by atoms with E-state index in [0.29, 0.717) is 30.5 Å². The molecule has 1 aromatic heterocycles. The van der Waals surface area contributed by atoms with Crippen LogP contribution in [0.25, 0.3) is 0 Å². The van der Waals surface area contributed by atoms with E-state index in [1.165, 1.54) is 0 Å². The normalized spacial score (nSPS) is 19.4. The fourth-order valence-corrected chi connectivity index (χ4v) is 5.55. The standard InChI is InChI=1S/C29H37N5O4/c1-5-32(6-2)22-9-7-20(8-10-22)27(36)31-23(17-19(3)4)29(38)33-16-13-24-26(33)25(35)18-34(24)28(37)21-11-14-30-15-12-21/h7-12,14-15,19,23-24,26H,5-6,13,16-18H2,1-4H3,(H,31,36). The van der Waals surface area contributed by atoms with Crippen LogP contribution in [0.1, 0.15) is 61.3 Å². The van der Waals surface area contributed by atoms with Crippen molar-refractivity contribution in [2.45, 2.75) is 58.7 Å². The Bertz CT molecular complexity index is 1160. The van der Waals surface area contributed by atoms with Crippen LogP contribution in [0.2, 0.25) is 0 Å². The lowest BCUT2D eigenvalue weighted by Crippen LogP contribution is -2.53. The van der Waals surface area contributed by atoms with Crippen molar-refractivity contribution in [2.24, 2.45) is 5.92 Å². The molecule has 202 valence electrons. The Labute approximate surface area is 224 Å². The minimum Gasteiger partial charge on any atom is -0.372 e. The number of likely N-dealkylation sites (tertiary alicyclic amines) is 2. The van der Waals surface area contributed by atoms with Crippen molar-refractivity contribution in [2.75, 3.05) is 31.1 Å². The zero-order chi connectivity index (χ0) is 27.4. The fraction of sp³-hybridized carbons (Fsp3) is 0.483. The first kappa shape index (κ1) is 27.3. The number of hydrogen-bond donors (Lipinski definition) is 1. The first-order valence-electron chi connectivity index (χ1n) is 13.4. The number of amides is 3. The van der Waals surface area contributed by atoms with Crippen LogP contribution < -0.4 is 10.2 Å². The van der Waals surface area contributed by atoms with Gasteiger partial charge >= 0.3 is 0 Å². The maximum absolute atomic E-state index is 13.7. The molecule has 9 nitrogen and oxygen atoms in total. The van der Waals surface area contributed by atoms with Gasteiger partial charge in [0.1, 0.15) is 12.1 Å². The predicted octanol–water partition coefficient (Wildman–Crippen LogP) is 2.77. The molecule has 2 aliphatic rings. The number of fused-ring (bicyclic) bond motifs is 1. The quantitative estimate of drug-likeness (QED) is 0.547. The summed E-state index contributed by atoms with van der Waals surface area (Å²) in [6.45, 7) is 10.2. The first-order chi connectivity index (χ1) is 18.2. The molecule has 2 aromatic rings. The molecule has 2 aliphatic heterocycles. The van der Waals surface area contributed by atoms with Gasteiger partial charge in [-0.05, 0) is 69.0 Å². The second-order valence-corrected chi connectivity index (χ2v) is 10.3. The highest BCUT2D eigenvalue weighted by Gasteiger charge is 2.52. The third-order valence-corrected chi connectivity index (χ3v) is 7.46. The molecule has 2 saturated heterocycles. The molecule has 1 N–H and O–H groups in total. The van der Waals surface area contributed by atoms with Gasteiger partial charge in [-0.15, -0.1) is 0 Å². The molecule has 1 aromatic carbocycles. The van der Waals surface area contributed by atoms with Crippen molar-refractivity contribution in [1.29, 1.82) is 0 Å². The molecule has 3 heterocycles. The Morgan fingerprint density at radius 3 is 2.26 bits per heavy atom. The lowest BCUT2D eigenvalue weighted by Gasteiger charge is -2.29. The summed E-state index contributed by atoms with van der Waals surface area (Å²) in [4.78, 5) is 62.3. The largest absolute Gasteiger partial charge is 0.372 e. The number of carbonyl (C=O) groups excluding carboxylic acids is 4. The molecule has 2 fully saturated rings. The van der Waals surface area contributed by atoms with Crippen LogP contribution in [0.3, 0.4) is 0 Å². The second-order valence-electron chi connectivity index (χ2n) is 10.3. The number of benzene rings is 1. The van der Waals surface area contributed by atoms with Gasteiger partial charge in [-0.3, -0.25) is 24.2 Å². The Kier molecular flexibility index (Phi) is 8.44. The SMILES string of the molecule is CCN(CC)c1ccc(C(=O)NC(CC(C)C)C(=O)N2CCC3C2C(=O)CN3C(=O)c2ccncc2)cc1. The Morgan fingerprint density at radius 1 is 1.00 bits per heavy atom. The first-order valence-corrected chi connectivity index (χ1v) is 13.4. The molecule has 0 spiro atoms. The van der Waals surface area contributed by atoms with Crippen LogP contribution in [0.15, 0.2) is 48.8 Å². The molecular formula is C29H37N5O4. The van der Waals surface area contributed by atoms with E-state index in [-0.39, 0.29) is 42.0 Å². The van der Waals surface area contributed by atoms with Gasteiger partial charge in [0.25, 0.3) is 11.8 Å². The van der Waals surface area contributed by atoms with E-state index in [2.05, 4.69) is 29.0 Å². The van der Waals surface area contributed by atoms with Crippen molar-refractivity contribution in [3.05, 3.63) is 59.9 Å². The number of rotatable bonds is 9. The molecule has 0 saturated carbocycles. The second kappa shape index (κ2) is 11.8. The summed E-state index contributed by atoms with van der Waals surface area (Å²) in [6.07, 6.45) is 4.06. The monoisotopic (exact) mass is 519 g/mol. The van der Waals surface area contributed by atoms with Crippen LogP contribution in [0, 0.1) is 5.92 Å². The van der Waals surface area contributed by atoms with Crippen molar-refractivity contribution in [3.63, 3.8) is 0 Å². The lowest BCUT2D eigenvalue weighted by molar-refractivity contribution is -0.138. The molecule has 3 amide bonds.